The van der Waals surface area contributed by atoms with Crippen LogP contribution in [0.15, 0.2) is 52.4 Å². The summed E-state index contributed by atoms with van der Waals surface area (Å²) in [5.41, 5.74) is 0.194. The van der Waals surface area contributed by atoms with E-state index in [0.717, 1.165) is 4.90 Å². The lowest BCUT2D eigenvalue weighted by molar-refractivity contribution is -0.389. The number of aromatic carboxylic acids is 1. The van der Waals surface area contributed by atoms with E-state index in [9.17, 15) is 14.9 Å². The van der Waals surface area contributed by atoms with Gasteiger partial charge in [0.05, 0.1) is 10.5 Å². The van der Waals surface area contributed by atoms with Crippen LogP contribution >= 0.6 is 11.8 Å². The van der Waals surface area contributed by atoms with Gasteiger partial charge in [0.1, 0.15) is 0 Å². The minimum absolute atomic E-state index is 0.194. The molecular weight excluding hydrogens is 268 g/mol. The standard InChI is InChI=1S/C12H8N2O4S/c15-12(16)8-2-1-3-9(6-8)19-10-4-5-11(13-7-10)14(17)18/h1-7H,(H,15,16). The smallest absolute Gasteiger partial charge is 0.363 e. The molecule has 1 aromatic carbocycles. The molecule has 0 fully saturated rings. The average molecular weight is 276 g/mol. The second kappa shape index (κ2) is 5.49. The highest BCUT2D eigenvalue weighted by Crippen LogP contribution is 2.28. The summed E-state index contributed by atoms with van der Waals surface area (Å²) in [4.78, 5) is 25.8. The quantitative estimate of drug-likeness (QED) is 0.681. The van der Waals surface area contributed by atoms with E-state index < -0.39 is 10.9 Å². The Labute approximate surface area is 112 Å². The van der Waals surface area contributed by atoms with Gasteiger partial charge in [0.25, 0.3) is 0 Å². The van der Waals surface area contributed by atoms with Crippen LogP contribution in [0.25, 0.3) is 0 Å². The van der Waals surface area contributed by atoms with Gasteiger partial charge in [0.2, 0.25) is 0 Å². The van der Waals surface area contributed by atoms with Gasteiger partial charge in [-0.05, 0) is 34.2 Å². The highest BCUT2D eigenvalue weighted by atomic mass is 32.2. The molecule has 0 aliphatic carbocycles. The SMILES string of the molecule is O=C(O)c1cccc(Sc2ccc([N+](=O)[O-])nc2)c1. The van der Waals surface area contributed by atoms with Crippen molar-refractivity contribution in [2.45, 2.75) is 9.79 Å². The molecule has 0 aliphatic rings. The zero-order chi connectivity index (χ0) is 13.8. The van der Waals surface area contributed by atoms with Crippen LogP contribution in [0.3, 0.4) is 0 Å². The fraction of sp³-hybridized carbons (Fsp3) is 0. The number of rotatable bonds is 4. The molecule has 0 amide bonds. The number of nitrogens with zero attached hydrogens (tertiary/aromatic N) is 2. The van der Waals surface area contributed by atoms with Crippen molar-refractivity contribution in [1.82, 2.24) is 4.98 Å². The summed E-state index contributed by atoms with van der Waals surface area (Å²) < 4.78 is 0. The first-order valence-electron chi connectivity index (χ1n) is 5.18. The maximum absolute atomic E-state index is 10.8. The van der Waals surface area contributed by atoms with Crippen LogP contribution in [0.5, 0.6) is 0 Å². The van der Waals surface area contributed by atoms with Crippen molar-refractivity contribution in [3.63, 3.8) is 0 Å². The number of aromatic nitrogens is 1. The van der Waals surface area contributed by atoms with E-state index in [4.69, 9.17) is 5.11 Å². The minimum atomic E-state index is -0.996. The normalized spacial score (nSPS) is 10.1. The summed E-state index contributed by atoms with van der Waals surface area (Å²) in [6.07, 6.45) is 1.39. The van der Waals surface area contributed by atoms with Crippen molar-refractivity contribution in [1.29, 1.82) is 0 Å². The molecule has 19 heavy (non-hydrogen) atoms. The molecular formula is C12H8N2O4S. The summed E-state index contributed by atoms with van der Waals surface area (Å²) in [7, 11) is 0. The lowest BCUT2D eigenvalue weighted by Crippen LogP contribution is -1.95. The van der Waals surface area contributed by atoms with Gasteiger partial charge < -0.3 is 15.2 Å². The molecule has 0 radical (unpaired) electrons. The minimum Gasteiger partial charge on any atom is -0.478 e. The molecule has 2 aromatic rings. The van der Waals surface area contributed by atoms with Crippen molar-refractivity contribution in [3.05, 3.63) is 58.3 Å². The molecule has 1 N–H and O–H groups in total. The molecule has 0 aliphatic heterocycles. The molecule has 0 atom stereocenters. The third-order valence-electron chi connectivity index (χ3n) is 2.22. The maximum Gasteiger partial charge on any atom is 0.363 e. The Hall–Kier alpha value is -2.41. The zero-order valence-corrected chi connectivity index (χ0v) is 10.3. The van der Waals surface area contributed by atoms with Gasteiger partial charge in [0, 0.05) is 11.0 Å². The number of pyridine rings is 1. The molecule has 2 rings (SSSR count). The highest BCUT2D eigenvalue weighted by molar-refractivity contribution is 7.99. The van der Waals surface area contributed by atoms with E-state index in [-0.39, 0.29) is 11.4 Å². The Kier molecular flexibility index (Phi) is 3.76. The van der Waals surface area contributed by atoms with Crippen LogP contribution < -0.4 is 0 Å². The van der Waals surface area contributed by atoms with E-state index in [0.29, 0.717) is 4.90 Å². The molecule has 0 unspecified atom stereocenters. The number of carboxylic acids is 1. The van der Waals surface area contributed by atoms with Gasteiger partial charge in [-0.1, -0.05) is 17.8 Å². The average Bonchev–Trinajstić information content (AvgIpc) is 2.39. The van der Waals surface area contributed by atoms with Gasteiger partial charge in [-0.3, -0.25) is 0 Å². The highest BCUT2D eigenvalue weighted by Gasteiger charge is 2.08. The lowest BCUT2D eigenvalue weighted by Gasteiger charge is -2.01. The van der Waals surface area contributed by atoms with Gasteiger partial charge in [-0.15, -0.1) is 0 Å². The van der Waals surface area contributed by atoms with Crippen molar-refractivity contribution in [2.24, 2.45) is 0 Å². The molecule has 6 nitrogen and oxygen atoms in total. The van der Waals surface area contributed by atoms with E-state index in [1.54, 1.807) is 18.2 Å². The number of carbonyl (C=O) groups is 1. The van der Waals surface area contributed by atoms with Crippen LogP contribution in [-0.2, 0) is 0 Å². The fourth-order valence-electron chi connectivity index (χ4n) is 1.37. The molecule has 0 saturated carbocycles. The van der Waals surface area contributed by atoms with Crippen LogP contribution in [0.4, 0.5) is 5.82 Å². The number of carboxylic acid groups (broad SMARTS) is 1. The summed E-state index contributed by atoms with van der Waals surface area (Å²) in [5, 5.41) is 19.3. The largest absolute Gasteiger partial charge is 0.478 e. The first-order valence-corrected chi connectivity index (χ1v) is 5.99. The predicted molar refractivity (Wildman–Crippen MR) is 68.4 cm³/mol. The third kappa shape index (κ3) is 3.29. The molecule has 0 spiro atoms. The Morgan fingerprint density at radius 1 is 1.26 bits per heavy atom. The Morgan fingerprint density at radius 2 is 2.05 bits per heavy atom. The molecule has 0 saturated heterocycles. The van der Waals surface area contributed by atoms with Crippen LogP contribution in [0, 0.1) is 10.1 Å². The van der Waals surface area contributed by atoms with E-state index in [2.05, 4.69) is 4.98 Å². The molecule has 0 bridgehead atoms. The Balaban J connectivity index is 2.19. The van der Waals surface area contributed by atoms with E-state index in [1.165, 1.54) is 36.2 Å². The van der Waals surface area contributed by atoms with Crippen LogP contribution in [0.1, 0.15) is 10.4 Å². The van der Waals surface area contributed by atoms with E-state index >= 15 is 0 Å². The van der Waals surface area contributed by atoms with Crippen molar-refractivity contribution in [2.75, 3.05) is 0 Å². The molecule has 96 valence electrons. The Bertz CT molecular complexity index is 628. The third-order valence-corrected chi connectivity index (χ3v) is 3.19. The summed E-state index contributed by atoms with van der Waals surface area (Å²) in [6.45, 7) is 0. The number of hydrogen-bond acceptors (Lipinski definition) is 5. The number of nitro groups is 1. The van der Waals surface area contributed by atoms with E-state index in [1.807, 2.05) is 0 Å². The van der Waals surface area contributed by atoms with Crippen molar-refractivity contribution in [3.8, 4) is 0 Å². The maximum atomic E-state index is 10.8. The van der Waals surface area contributed by atoms with Gasteiger partial charge in [-0.25, -0.2) is 4.79 Å². The van der Waals surface area contributed by atoms with Crippen LogP contribution in [0.2, 0.25) is 0 Å². The van der Waals surface area contributed by atoms with Crippen molar-refractivity contribution >= 4 is 23.5 Å². The van der Waals surface area contributed by atoms with Gasteiger partial charge in [-0.2, -0.15) is 0 Å². The fourth-order valence-corrected chi connectivity index (χ4v) is 2.22. The summed E-state index contributed by atoms with van der Waals surface area (Å²) >= 11 is 1.29. The summed E-state index contributed by atoms with van der Waals surface area (Å²) in [5.74, 6) is -1.21. The first-order chi connectivity index (χ1) is 9.06. The predicted octanol–water partition coefficient (Wildman–Crippen LogP) is 2.84. The second-order valence-electron chi connectivity index (χ2n) is 3.54. The zero-order valence-electron chi connectivity index (χ0n) is 9.52. The summed E-state index contributed by atoms with van der Waals surface area (Å²) in [6, 6.07) is 9.32. The number of benzene rings is 1. The Morgan fingerprint density at radius 3 is 2.63 bits per heavy atom. The molecule has 7 heteroatoms. The molecule has 1 aromatic heterocycles. The van der Waals surface area contributed by atoms with Gasteiger partial charge in [0.15, 0.2) is 6.20 Å². The lowest BCUT2D eigenvalue weighted by atomic mass is 10.2. The van der Waals surface area contributed by atoms with Gasteiger partial charge >= 0.3 is 11.8 Å². The topological polar surface area (TPSA) is 93.3 Å². The number of hydrogen-bond donors (Lipinski definition) is 1. The van der Waals surface area contributed by atoms with Crippen molar-refractivity contribution < 1.29 is 14.8 Å². The second-order valence-corrected chi connectivity index (χ2v) is 4.69. The molecule has 1 heterocycles. The first kappa shape index (κ1) is 13.0. The van der Waals surface area contributed by atoms with Crippen LogP contribution in [-0.4, -0.2) is 21.0 Å². The monoisotopic (exact) mass is 276 g/mol.